The minimum absolute atomic E-state index is 0.178. The third-order valence-corrected chi connectivity index (χ3v) is 2.67. The Bertz CT molecular complexity index is 236. The molecule has 0 saturated carbocycles. The van der Waals surface area contributed by atoms with Gasteiger partial charge in [0.25, 0.3) is 5.91 Å². The molecule has 5 heteroatoms. The monoisotopic (exact) mass is 232 g/mol. The first kappa shape index (κ1) is 12.5. The lowest BCUT2D eigenvalue weighted by molar-refractivity contribution is -0.140. The fourth-order valence-electron chi connectivity index (χ4n) is 1.60. The molecule has 0 aliphatic carbocycles. The van der Waals surface area contributed by atoms with Gasteiger partial charge in [-0.3, -0.25) is 9.69 Å². The van der Waals surface area contributed by atoms with E-state index in [9.17, 15) is 4.79 Å². The largest absolute Gasteiger partial charge is 0.384 e. The topological polar surface area (TPSA) is 43.8 Å². The van der Waals surface area contributed by atoms with Crippen LogP contribution in [0.4, 0.5) is 0 Å². The SMILES string of the molecule is CC(O)C(=O)N1CCN(C/C=C/Cl)CC1. The van der Waals surface area contributed by atoms with Crippen molar-refractivity contribution in [3.05, 3.63) is 11.6 Å². The van der Waals surface area contributed by atoms with Crippen molar-refractivity contribution in [2.24, 2.45) is 0 Å². The van der Waals surface area contributed by atoms with E-state index >= 15 is 0 Å². The van der Waals surface area contributed by atoms with Gasteiger partial charge >= 0.3 is 0 Å². The van der Waals surface area contributed by atoms with E-state index in [2.05, 4.69) is 4.90 Å². The molecule has 1 aliphatic rings. The summed E-state index contributed by atoms with van der Waals surface area (Å²) in [5.41, 5.74) is 1.51. The van der Waals surface area contributed by atoms with Crippen LogP contribution < -0.4 is 0 Å². The average Bonchev–Trinajstić information content (AvgIpc) is 2.26. The summed E-state index contributed by atoms with van der Waals surface area (Å²) >= 11 is 5.44. The summed E-state index contributed by atoms with van der Waals surface area (Å²) in [5.74, 6) is -0.178. The first-order chi connectivity index (χ1) is 7.15. The molecule has 1 heterocycles. The van der Waals surface area contributed by atoms with Crippen LogP contribution in [0.15, 0.2) is 11.6 Å². The molecule has 15 heavy (non-hydrogen) atoms. The number of aliphatic hydroxyl groups excluding tert-OH is 1. The quantitative estimate of drug-likeness (QED) is 0.760. The zero-order valence-electron chi connectivity index (χ0n) is 8.90. The number of nitrogens with zero attached hydrogens (tertiary/aromatic N) is 2. The average molecular weight is 233 g/mol. The molecule has 1 atom stereocenters. The zero-order chi connectivity index (χ0) is 11.3. The van der Waals surface area contributed by atoms with E-state index in [4.69, 9.17) is 16.7 Å². The molecule has 1 rings (SSSR count). The van der Waals surface area contributed by atoms with Gasteiger partial charge in [-0.1, -0.05) is 17.7 Å². The molecule has 4 nitrogen and oxygen atoms in total. The Morgan fingerprint density at radius 2 is 2.07 bits per heavy atom. The number of carbonyl (C=O) groups excluding carboxylic acids is 1. The Balaban J connectivity index is 2.32. The van der Waals surface area contributed by atoms with Gasteiger partial charge in [0.15, 0.2) is 0 Å². The number of hydrogen-bond acceptors (Lipinski definition) is 3. The van der Waals surface area contributed by atoms with Gasteiger partial charge in [0, 0.05) is 38.3 Å². The van der Waals surface area contributed by atoms with Gasteiger partial charge in [0.05, 0.1) is 0 Å². The highest BCUT2D eigenvalue weighted by atomic mass is 35.5. The van der Waals surface area contributed by atoms with Crippen LogP contribution in [0.1, 0.15) is 6.92 Å². The van der Waals surface area contributed by atoms with Crippen molar-refractivity contribution in [2.45, 2.75) is 13.0 Å². The van der Waals surface area contributed by atoms with Crippen LogP contribution in [0.25, 0.3) is 0 Å². The normalized spacial score (nSPS) is 20.9. The lowest BCUT2D eigenvalue weighted by Crippen LogP contribution is -2.50. The van der Waals surface area contributed by atoms with Gasteiger partial charge in [0.1, 0.15) is 6.10 Å². The van der Waals surface area contributed by atoms with Gasteiger partial charge < -0.3 is 10.0 Å². The molecule has 0 spiro atoms. The maximum atomic E-state index is 11.4. The van der Waals surface area contributed by atoms with Crippen LogP contribution in [-0.4, -0.2) is 59.6 Å². The van der Waals surface area contributed by atoms with E-state index in [1.54, 1.807) is 4.90 Å². The number of amides is 1. The van der Waals surface area contributed by atoms with E-state index in [0.29, 0.717) is 13.1 Å². The summed E-state index contributed by atoms with van der Waals surface area (Å²) in [5, 5.41) is 9.15. The van der Waals surface area contributed by atoms with E-state index < -0.39 is 6.10 Å². The maximum absolute atomic E-state index is 11.4. The molecule has 0 aromatic heterocycles. The molecule has 1 aliphatic heterocycles. The summed E-state index contributed by atoms with van der Waals surface area (Å²) < 4.78 is 0. The van der Waals surface area contributed by atoms with E-state index in [-0.39, 0.29) is 5.91 Å². The predicted octanol–water partition coefficient (Wildman–Crippen LogP) is 0.264. The minimum Gasteiger partial charge on any atom is -0.384 e. The van der Waals surface area contributed by atoms with Crippen LogP contribution in [0, 0.1) is 0 Å². The second-order valence-corrected chi connectivity index (χ2v) is 3.92. The van der Waals surface area contributed by atoms with Gasteiger partial charge in [-0.05, 0) is 6.92 Å². The molecular formula is C10H17ClN2O2. The Morgan fingerprint density at radius 1 is 1.47 bits per heavy atom. The number of rotatable bonds is 3. The fraction of sp³-hybridized carbons (Fsp3) is 0.700. The summed E-state index contributed by atoms with van der Waals surface area (Å²) in [6.07, 6.45) is 0.993. The van der Waals surface area contributed by atoms with Crippen LogP contribution in [0.5, 0.6) is 0 Å². The second-order valence-electron chi connectivity index (χ2n) is 3.66. The molecule has 86 valence electrons. The molecule has 0 aromatic carbocycles. The van der Waals surface area contributed by atoms with Crippen molar-refractivity contribution < 1.29 is 9.90 Å². The Hall–Kier alpha value is -0.580. The number of aliphatic hydroxyl groups is 1. The number of carbonyl (C=O) groups is 1. The lowest BCUT2D eigenvalue weighted by atomic mass is 10.2. The Morgan fingerprint density at radius 3 is 2.53 bits per heavy atom. The van der Waals surface area contributed by atoms with Crippen molar-refractivity contribution in [1.29, 1.82) is 0 Å². The van der Waals surface area contributed by atoms with E-state index in [0.717, 1.165) is 19.6 Å². The van der Waals surface area contributed by atoms with Crippen LogP contribution in [-0.2, 0) is 4.79 Å². The van der Waals surface area contributed by atoms with Crippen LogP contribution in [0.3, 0.4) is 0 Å². The standard InChI is InChI=1S/C10H17ClN2O2/c1-9(14)10(15)13-7-5-12(6-8-13)4-2-3-11/h2-3,9,14H,4-8H2,1H3/b3-2+. The number of hydrogen-bond donors (Lipinski definition) is 1. The molecule has 0 aromatic rings. The molecular weight excluding hydrogens is 216 g/mol. The fourth-order valence-corrected chi connectivity index (χ4v) is 1.68. The molecule has 1 N–H and O–H groups in total. The molecule has 1 unspecified atom stereocenters. The number of halogens is 1. The summed E-state index contributed by atoms with van der Waals surface area (Å²) in [4.78, 5) is 15.4. The minimum atomic E-state index is -0.890. The van der Waals surface area contributed by atoms with E-state index in [1.807, 2.05) is 6.08 Å². The molecule has 0 radical (unpaired) electrons. The van der Waals surface area contributed by atoms with Crippen molar-refractivity contribution in [3.8, 4) is 0 Å². The van der Waals surface area contributed by atoms with Crippen molar-refractivity contribution in [2.75, 3.05) is 32.7 Å². The second kappa shape index (κ2) is 6.10. The van der Waals surface area contributed by atoms with Gasteiger partial charge in [-0.25, -0.2) is 0 Å². The predicted molar refractivity (Wildman–Crippen MR) is 59.7 cm³/mol. The van der Waals surface area contributed by atoms with Crippen molar-refractivity contribution in [3.63, 3.8) is 0 Å². The van der Waals surface area contributed by atoms with Crippen molar-refractivity contribution in [1.82, 2.24) is 9.80 Å². The van der Waals surface area contributed by atoms with Crippen LogP contribution in [0.2, 0.25) is 0 Å². The summed E-state index contributed by atoms with van der Waals surface area (Å²) in [7, 11) is 0. The highest BCUT2D eigenvalue weighted by Crippen LogP contribution is 2.04. The van der Waals surface area contributed by atoms with Gasteiger partial charge in [-0.2, -0.15) is 0 Å². The van der Waals surface area contributed by atoms with Crippen molar-refractivity contribution >= 4 is 17.5 Å². The third-order valence-electron chi connectivity index (χ3n) is 2.49. The first-order valence-corrected chi connectivity index (χ1v) is 5.53. The molecule has 1 saturated heterocycles. The van der Waals surface area contributed by atoms with Gasteiger partial charge in [-0.15, -0.1) is 0 Å². The molecule has 1 fully saturated rings. The smallest absolute Gasteiger partial charge is 0.251 e. The first-order valence-electron chi connectivity index (χ1n) is 5.09. The summed E-state index contributed by atoms with van der Waals surface area (Å²) in [6, 6.07) is 0. The Kier molecular flexibility index (Phi) is 5.08. The van der Waals surface area contributed by atoms with Gasteiger partial charge in [0.2, 0.25) is 0 Å². The highest BCUT2D eigenvalue weighted by Gasteiger charge is 2.22. The molecule has 0 bridgehead atoms. The van der Waals surface area contributed by atoms with E-state index in [1.165, 1.54) is 12.5 Å². The van der Waals surface area contributed by atoms with Crippen LogP contribution >= 0.6 is 11.6 Å². The lowest BCUT2D eigenvalue weighted by Gasteiger charge is -2.34. The Labute approximate surface area is 95.1 Å². The number of piperazine rings is 1. The maximum Gasteiger partial charge on any atom is 0.251 e. The third kappa shape index (κ3) is 3.81. The summed E-state index contributed by atoms with van der Waals surface area (Å²) in [6.45, 7) is 5.35. The zero-order valence-corrected chi connectivity index (χ0v) is 9.65. The molecule has 1 amide bonds. The highest BCUT2D eigenvalue weighted by molar-refractivity contribution is 6.25.